The van der Waals surface area contributed by atoms with Crippen LogP contribution < -0.4 is 19.9 Å². The number of fused-ring (bicyclic) bond motifs is 2. The zero-order valence-electron chi connectivity index (χ0n) is 21.4. The minimum absolute atomic E-state index is 0.141. The van der Waals surface area contributed by atoms with Crippen molar-refractivity contribution in [1.82, 2.24) is 25.2 Å². The summed E-state index contributed by atoms with van der Waals surface area (Å²) in [7, 11) is 2.16. The standard InChI is InChI=1S/C28H34N8O/c1-34-14-4-7-22(34)19-37-28-32-24-18-35(25-8-2-5-20-6-3-12-31-26(20)25)15-10-23(24)27(33-28)36-16-13-30-21(17-36)9-11-29/h2-3,5-6,8,12,21-22,30H,4,7,9-10,13-19H2,1H3/t21-,22-/m0/s1. The molecule has 0 spiro atoms. The van der Waals surface area contributed by atoms with E-state index in [0.29, 0.717) is 31.6 Å². The van der Waals surface area contributed by atoms with Gasteiger partial charge in [-0.25, -0.2) is 0 Å². The number of nitrogens with one attached hydrogen (secondary N) is 1. The highest BCUT2D eigenvalue weighted by Crippen LogP contribution is 2.33. The Hall–Kier alpha value is -3.48. The summed E-state index contributed by atoms with van der Waals surface area (Å²) in [6.07, 6.45) is 5.55. The molecule has 6 rings (SSSR count). The molecular weight excluding hydrogens is 464 g/mol. The van der Waals surface area contributed by atoms with Crippen molar-refractivity contribution in [2.45, 2.75) is 44.3 Å². The maximum Gasteiger partial charge on any atom is 0.318 e. The van der Waals surface area contributed by atoms with Gasteiger partial charge in [0, 0.05) is 55.4 Å². The van der Waals surface area contributed by atoms with Gasteiger partial charge in [-0.3, -0.25) is 4.98 Å². The molecule has 1 N–H and O–H groups in total. The van der Waals surface area contributed by atoms with Gasteiger partial charge in [0.2, 0.25) is 0 Å². The Morgan fingerprint density at radius 2 is 2.05 bits per heavy atom. The van der Waals surface area contributed by atoms with E-state index in [2.05, 4.69) is 62.4 Å². The molecule has 0 aliphatic carbocycles. The molecule has 0 saturated carbocycles. The van der Waals surface area contributed by atoms with E-state index in [1.165, 1.54) is 12.0 Å². The summed E-state index contributed by atoms with van der Waals surface area (Å²) in [6, 6.07) is 13.8. The number of anilines is 2. The predicted molar refractivity (Wildman–Crippen MR) is 144 cm³/mol. The number of nitriles is 1. The minimum Gasteiger partial charge on any atom is -0.462 e. The molecule has 2 fully saturated rings. The first kappa shape index (κ1) is 23.9. The quantitative estimate of drug-likeness (QED) is 0.551. The van der Waals surface area contributed by atoms with Crippen LogP contribution in [0.5, 0.6) is 6.01 Å². The third kappa shape index (κ3) is 4.91. The molecule has 0 radical (unpaired) electrons. The van der Waals surface area contributed by atoms with Crippen molar-refractivity contribution in [3.05, 3.63) is 47.8 Å². The molecule has 3 aromatic rings. The average Bonchev–Trinajstić information content (AvgIpc) is 3.35. The second kappa shape index (κ2) is 10.5. The normalized spacial score (nSPS) is 22.2. The first-order valence-corrected chi connectivity index (χ1v) is 13.4. The smallest absolute Gasteiger partial charge is 0.318 e. The number of likely N-dealkylation sites (N-methyl/N-ethyl adjacent to an activating group) is 1. The molecule has 2 aromatic heterocycles. The zero-order valence-corrected chi connectivity index (χ0v) is 21.4. The molecule has 0 unspecified atom stereocenters. The lowest BCUT2D eigenvalue weighted by molar-refractivity contribution is 0.187. The fourth-order valence-corrected chi connectivity index (χ4v) is 5.89. The highest BCUT2D eigenvalue weighted by atomic mass is 16.5. The summed E-state index contributed by atoms with van der Waals surface area (Å²) in [5, 5.41) is 13.9. The number of para-hydroxylation sites is 1. The highest BCUT2D eigenvalue weighted by molar-refractivity contribution is 5.90. The third-order valence-electron chi connectivity index (χ3n) is 7.94. The summed E-state index contributed by atoms with van der Waals surface area (Å²) in [4.78, 5) is 21.7. The van der Waals surface area contributed by atoms with Crippen molar-refractivity contribution >= 4 is 22.4 Å². The van der Waals surface area contributed by atoms with Crippen LogP contribution in [0.3, 0.4) is 0 Å². The van der Waals surface area contributed by atoms with Gasteiger partial charge >= 0.3 is 6.01 Å². The summed E-state index contributed by atoms with van der Waals surface area (Å²) in [5.41, 5.74) is 4.38. The number of rotatable bonds is 6. The average molecular weight is 499 g/mol. The van der Waals surface area contributed by atoms with E-state index < -0.39 is 0 Å². The van der Waals surface area contributed by atoms with Gasteiger partial charge in [0.05, 0.1) is 35.9 Å². The number of ether oxygens (including phenoxy) is 1. The van der Waals surface area contributed by atoms with Crippen LogP contribution in [-0.2, 0) is 13.0 Å². The van der Waals surface area contributed by atoms with Crippen LogP contribution in [0.15, 0.2) is 36.5 Å². The number of piperazine rings is 1. The number of aromatic nitrogens is 3. The van der Waals surface area contributed by atoms with Gasteiger partial charge in [0.25, 0.3) is 0 Å². The molecule has 192 valence electrons. The summed E-state index contributed by atoms with van der Waals surface area (Å²) in [5.74, 6) is 0.972. The molecule has 2 atom stereocenters. The number of hydrogen-bond acceptors (Lipinski definition) is 9. The molecule has 0 amide bonds. The fraction of sp³-hybridized carbons (Fsp3) is 0.500. The van der Waals surface area contributed by atoms with Crippen molar-refractivity contribution in [2.75, 3.05) is 56.2 Å². The molecule has 3 aliphatic rings. The number of likely N-dealkylation sites (tertiary alicyclic amines) is 1. The summed E-state index contributed by atoms with van der Waals surface area (Å²) < 4.78 is 6.25. The van der Waals surface area contributed by atoms with Crippen molar-refractivity contribution < 1.29 is 4.74 Å². The van der Waals surface area contributed by atoms with Gasteiger partial charge in [-0.05, 0) is 45.0 Å². The van der Waals surface area contributed by atoms with Crippen LogP contribution in [-0.4, -0.2) is 78.3 Å². The van der Waals surface area contributed by atoms with Crippen molar-refractivity contribution in [3.63, 3.8) is 0 Å². The number of nitrogens with zero attached hydrogens (tertiary/aromatic N) is 7. The SMILES string of the molecule is CN1CCC[C@H]1COc1nc2c(c(N3CCN[C@@H](CC#N)C3)n1)CCN(c1cccc3cccnc13)C2. The highest BCUT2D eigenvalue weighted by Gasteiger charge is 2.30. The molecule has 3 aliphatic heterocycles. The van der Waals surface area contributed by atoms with Gasteiger partial charge < -0.3 is 24.8 Å². The Bertz CT molecular complexity index is 1300. The molecule has 2 saturated heterocycles. The van der Waals surface area contributed by atoms with Crippen LogP contribution in [0.25, 0.3) is 10.9 Å². The molecule has 9 heteroatoms. The Morgan fingerprint density at radius 3 is 2.92 bits per heavy atom. The van der Waals surface area contributed by atoms with E-state index in [1.807, 2.05) is 12.3 Å². The van der Waals surface area contributed by atoms with Gasteiger partial charge in [0.15, 0.2) is 0 Å². The van der Waals surface area contributed by atoms with Crippen LogP contribution in [0.1, 0.15) is 30.5 Å². The minimum atomic E-state index is 0.141. The molecular formula is C28H34N8O. The topological polar surface area (TPSA) is 93.4 Å². The summed E-state index contributed by atoms with van der Waals surface area (Å²) in [6.45, 7) is 5.73. The number of benzene rings is 1. The largest absolute Gasteiger partial charge is 0.462 e. The number of pyridine rings is 1. The molecule has 9 nitrogen and oxygen atoms in total. The molecule has 5 heterocycles. The number of hydrogen-bond donors (Lipinski definition) is 1. The zero-order chi connectivity index (χ0) is 25.2. The summed E-state index contributed by atoms with van der Waals surface area (Å²) >= 11 is 0. The Labute approximate surface area is 218 Å². The van der Waals surface area contributed by atoms with Gasteiger partial charge in [0.1, 0.15) is 12.4 Å². The first-order chi connectivity index (χ1) is 18.2. The van der Waals surface area contributed by atoms with E-state index in [4.69, 9.17) is 14.7 Å². The monoisotopic (exact) mass is 498 g/mol. The lowest BCUT2D eigenvalue weighted by atomic mass is 10.0. The van der Waals surface area contributed by atoms with Crippen LogP contribution in [0.4, 0.5) is 11.5 Å². The van der Waals surface area contributed by atoms with E-state index >= 15 is 0 Å². The predicted octanol–water partition coefficient (Wildman–Crippen LogP) is 2.75. The maximum atomic E-state index is 9.25. The van der Waals surface area contributed by atoms with Crippen LogP contribution in [0, 0.1) is 11.3 Å². The Balaban J connectivity index is 1.32. The Morgan fingerprint density at radius 1 is 1.14 bits per heavy atom. The second-order valence-corrected chi connectivity index (χ2v) is 10.3. The second-order valence-electron chi connectivity index (χ2n) is 10.3. The van der Waals surface area contributed by atoms with E-state index in [9.17, 15) is 5.26 Å². The lowest BCUT2D eigenvalue weighted by Gasteiger charge is -2.37. The van der Waals surface area contributed by atoms with E-state index in [0.717, 1.165) is 73.7 Å². The molecule has 37 heavy (non-hydrogen) atoms. The molecule has 0 bridgehead atoms. The van der Waals surface area contributed by atoms with E-state index in [1.54, 1.807) is 0 Å². The van der Waals surface area contributed by atoms with Crippen molar-refractivity contribution in [3.8, 4) is 12.1 Å². The van der Waals surface area contributed by atoms with Gasteiger partial charge in [-0.2, -0.15) is 15.2 Å². The van der Waals surface area contributed by atoms with Gasteiger partial charge in [-0.15, -0.1) is 0 Å². The van der Waals surface area contributed by atoms with Crippen molar-refractivity contribution in [1.29, 1.82) is 5.26 Å². The van der Waals surface area contributed by atoms with Crippen LogP contribution in [0.2, 0.25) is 0 Å². The van der Waals surface area contributed by atoms with Crippen LogP contribution >= 0.6 is 0 Å². The first-order valence-electron chi connectivity index (χ1n) is 13.4. The fourth-order valence-electron chi connectivity index (χ4n) is 5.89. The lowest BCUT2D eigenvalue weighted by Crippen LogP contribution is -2.51. The van der Waals surface area contributed by atoms with Crippen molar-refractivity contribution in [2.24, 2.45) is 0 Å². The third-order valence-corrected chi connectivity index (χ3v) is 7.94. The maximum absolute atomic E-state index is 9.25. The Kier molecular flexibility index (Phi) is 6.77. The van der Waals surface area contributed by atoms with Gasteiger partial charge in [-0.1, -0.05) is 18.2 Å². The molecule has 1 aromatic carbocycles. The van der Waals surface area contributed by atoms with E-state index in [-0.39, 0.29) is 6.04 Å².